The van der Waals surface area contributed by atoms with Crippen LogP contribution in [0.25, 0.3) is 0 Å². The smallest absolute Gasteiger partial charge is 0.211 e. The molecule has 1 aliphatic heterocycles. The van der Waals surface area contributed by atoms with Gasteiger partial charge in [0.05, 0.1) is 13.4 Å². The van der Waals surface area contributed by atoms with E-state index in [4.69, 9.17) is 10.5 Å². The first-order chi connectivity index (χ1) is 8.93. The summed E-state index contributed by atoms with van der Waals surface area (Å²) < 4.78 is 29.5. The van der Waals surface area contributed by atoms with E-state index in [2.05, 4.69) is 9.97 Å². The number of anilines is 2. The number of hydrogen-bond acceptors (Lipinski definition) is 7. The van der Waals surface area contributed by atoms with E-state index in [1.807, 2.05) is 4.90 Å². The van der Waals surface area contributed by atoms with Gasteiger partial charge >= 0.3 is 0 Å². The van der Waals surface area contributed by atoms with Crippen molar-refractivity contribution >= 4 is 21.7 Å². The maximum atomic E-state index is 11.4. The van der Waals surface area contributed by atoms with Crippen LogP contribution < -0.4 is 15.4 Å². The van der Waals surface area contributed by atoms with Gasteiger partial charge in [0, 0.05) is 26.2 Å². The van der Waals surface area contributed by atoms with Crippen molar-refractivity contribution in [1.29, 1.82) is 0 Å². The van der Waals surface area contributed by atoms with Crippen LogP contribution in [-0.4, -0.2) is 62.2 Å². The summed E-state index contributed by atoms with van der Waals surface area (Å²) in [5.41, 5.74) is 5.73. The average Bonchev–Trinajstić information content (AvgIpc) is 2.37. The molecule has 1 aromatic heterocycles. The second kappa shape index (κ2) is 5.17. The van der Waals surface area contributed by atoms with Gasteiger partial charge in [-0.2, -0.15) is 4.31 Å². The third kappa shape index (κ3) is 2.87. The van der Waals surface area contributed by atoms with Crippen molar-refractivity contribution in [2.45, 2.75) is 0 Å². The predicted molar refractivity (Wildman–Crippen MR) is 71.6 cm³/mol. The molecule has 1 saturated heterocycles. The van der Waals surface area contributed by atoms with E-state index in [1.165, 1.54) is 24.0 Å². The molecule has 2 heterocycles. The fraction of sp³-hybridized carbons (Fsp3) is 0.600. The minimum absolute atomic E-state index is 0.276. The maximum absolute atomic E-state index is 11.4. The van der Waals surface area contributed by atoms with Crippen LogP contribution in [0.5, 0.6) is 5.75 Å². The van der Waals surface area contributed by atoms with Crippen LogP contribution in [0.3, 0.4) is 0 Å². The van der Waals surface area contributed by atoms with Crippen molar-refractivity contribution < 1.29 is 13.2 Å². The Morgan fingerprint density at radius 2 is 1.89 bits per heavy atom. The number of piperazine rings is 1. The molecule has 1 aliphatic rings. The van der Waals surface area contributed by atoms with Gasteiger partial charge in [0.1, 0.15) is 6.33 Å². The van der Waals surface area contributed by atoms with Crippen molar-refractivity contribution in [3.05, 3.63) is 6.33 Å². The Balaban J connectivity index is 2.16. The van der Waals surface area contributed by atoms with Gasteiger partial charge in [-0.3, -0.25) is 0 Å². The molecular weight excluding hydrogens is 270 g/mol. The van der Waals surface area contributed by atoms with E-state index in [1.54, 1.807) is 0 Å². The van der Waals surface area contributed by atoms with Crippen molar-refractivity contribution in [3.63, 3.8) is 0 Å². The van der Waals surface area contributed by atoms with E-state index >= 15 is 0 Å². The molecule has 19 heavy (non-hydrogen) atoms. The lowest BCUT2D eigenvalue weighted by Gasteiger charge is -2.34. The lowest BCUT2D eigenvalue weighted by Crippen LogP contribution is -2.48. The molecule has 0 unspecified atom stereocenters. The van der Waals surface area contributed by atoms with Crippen LogP contribution in [-0.2, 0) is 10.0 Å². The largest absolute Gasteiger partial charge is 0.490 e. The summed E-state index contributed by atoms with van der Waals surface area (Å²) in [6, 6.07) is 0. The zero-order valence-electron chi connectivity index (χ0n) is 10.9. The van der Waals surface area contributed by atoms with Gasteiger partial charge in [-0.1, -0.05) is 0 Å². The Morgan fingerprint density at radius 3 is 2.42 bits per heavy atom. The maximum Gasteiger partial charge on any atom is 0.211 e. The minimum atomic E-state index is -3.14. The molecule has 1 fully saturated rings. The van der Waals surface area contributed by atoms with Crippen molar-refractivity contribution in [3.8, 4) is 5.75 Å². The highest BCUT2D eigenvalue weighted by molar-refractivity contribution is 7.88. The van der Waals surface area contributed by atoms with Crippen LogP contribution >= 0.6 is 0 Å². The molecule has 0 saturated carbocycles. The van der Waals surface area contributed by atoms with Crippen LogP contribution in [0.2, 0.25) is 0 Å². The van der Waals surface area contributed by atoms with Crippen LogP contribution in [0.1, 0.15) is 0 Å². The molecule has 0 spiro atoms. The number of methoxy groups -OCH3 is 1. The summed E-state index contributed by atoms with van der Waals surface area (Å²) in [4.78, 5) is 9.97. The second-order valence-electron chi connectivity index (χ2n) is 4.26. The van der Waals surface area contributed by atoms with Gasteiger partial charge in [0.2, 0.25) is 15.8 Å². The lowest BCUT2D eigenvalue weighted by atomic mass is 10.3. The predicted octanol–water partition coefficient (Wildman–Crippen LogP) is -0.851. The molecule has 2 rings (SSSR count). The highest BCUT2D eigenvalue weighted by atomic mass is 32.2. The summed E-state index contributed by atoms with van der Waals surface area (Å²) in [5, 5.41) is 0. The highest BCUT2D eigenvalue weighted by Gasteiger charge is 2.26. The minimum Gasteiger partial charge on any atom is -0.490 e. The van der Waals surface area contributed by atoms with Crippen molar-refractivity contribution in [2.24, 2.45) is 0 Å². The molecule has 0 amide bonds. The Hall–Kier alpha value is -1.61. The first-order valence-corrected chi connectivity index (χ1v) is 7.63. The van der Waals surface area contributed by atoms with Gasteiger partial charge in [-0.15, -0.1) is 0 Å². The molecule has 2 N–H and O–H groups in total. The normalized spacial score (nSPS) is 17.5. The molecule has 1 aromatic rings. The number of ether oxygens (including phenoxy) is 1. The van der Waals surface area contributed by atoms with Gasteiger partial charge in [-0.05, 0) is 0 Å². The summed E-state index contributed by atoms with van der Waals surface area (Å²) in [6.45, 7) is 1.93. The van der Waals surface area contributed by atoms with Crippen LogP contribution in [0.15, 0.2) is 6.33 Å². The van der Waals surface area contributed by atoms with Gasteiger partial charge in [0.25, 0.3) is 0 Å². The zero-order chi connectivity index (χ0) is 14.0. The fourth-order valence-corrected chi connectivity index (χ4v) is 2.86. The summed E-state index contributed by atoms with van der Waals surface area (Å²) >= 11 is 0. The number of hydrogen-bond donors (Lipinski definition) is 1. The Bertz CT molecular complexity index is 554. The van der Waals surface area contributed by atoms with Crippen LogP contribution in [0, 0.1) is 0 Å². The van der Waals surface area contributed by atoms with E-state index in [9.17, 15) is 8.42 Å². The second-order valence-corrected chi connectivity index (χ2v) is 6.25. The van der Waals surface area contributed by atoms with E-state index in [-0.39, 0.29) is 5.82 Å². The molecule has 0 bridgehead atoms. The number of aromatic nitrogens is 2. The molecule has 0 aromatic carbocycles. The quantitative estimate of drug-likeness (QED) is 0.772. The third-order valence-electron chi connectivity index (χ3n) is 3.02. The summed E-state index contributed by atoms with van der Waals surface area (Å²) in [5.74, 6) is 1.30. The summed E-state index contributed by atoms with van der Waals surface area (Å²) in [6.07, 6.45) is 2.59. The lowest BCUT2D eigenvalue weighted by molar-refractivity contribution is 0.378. The SMILES string of the molecule is COc1c(N)ncnc1N1CCN(S(C)(=O)=O)CC1. The van der Waals surface area contributed by atoms with Gasteiger partial charge in [-0.25, -0.2) is 18.4 Å². The molecule has 8 nitrogen and oxygen atoms in total. The topological polar surface area (TPSA) is 102 Å². The molecule has 0 radical (unpaired) electrons. The Morgan fingerprint density at radius 1 is 1.26 bits per heavy atom. The van der Waals surface area contributed by atoms with E-state index < -0.39 is 10.0 Å². The summed E-state index contributed by atoms with van der Waals surface area (Å²) in [7, 11) is -1.63. The molecule has 0 atom stereocenters. The number of nitrogens with two attached hydrogens (primary N) is 1. The van der Waals surface area contributed by atoms with Crippen molar-refractivity contribution in [2.75, 3.05) is 50.2 Å². The number of rotatable bonds is 3. The third-order valence-corrected chi connectivity index (χ3v) is 4.33. The molecule has 9 heteroatoms. The highest BCUT2D eigenvalue weighted by Crippen LogP contribution is 2.30. The first-order valence-electron chi connectivity index (χ1n) is 5.78. The van der Waals surface area contributed by atoms with Gasteiger partial charge in [0.15, 0.2) is 11.6 Å². The van der Waals surface area contributed by atoms with E-state index in [0.29, 0.717) is 37.7 Å². The van der Waals surface area contributed by atoms with Crippen LogP contribution in [0.4, 0.5) is 11.6 Å². The van der Waals surface area contributed by atoms with Gasteiger partial charge < -0.3 is 15.4 Å². The molecule has 0 aliphatic carbocycles. The Kier molecular flexibility index (Phi) is 3.76. The number of nitrogens with zero attached hydrogens (tertiary/aromatic N) is 4. The number of nitrogen functional groups attached to an aromatic ring is 1. The Labute approximate surface area is 112 Å². The van der Waals surface area contributed by atoms with Crippen molar-refractivity contribution in [1.82, 2.24) is 14.3 Å². The standard InChI is InChI=1S/C10H17N5O3S/c1-18-8-9(11)12-7-13-10(8)14-3-5-15(6-4-14)19(2,16)17/h7H,3-6H2,1-2H3,(H2,11,12,13). The fourth-order valence-electron chi connectivity index (χ4n) is 2.03. The first kappa shape index (κ1) is 13.8. The molecular formula is C10H17N5O3S. The number of sulfonamides is 1. The average molecular weight is 287 g/mol. The van der Waals surface area contributed by atoms with E-state index in [0.717, 1.165) is 0 Å². The molecule has 106 valence electrons. The monoisotopic (exact) mass is 287 g/mol. The zero-order valence-corrected chi connectivity index (χ0v) is 11.7.